The van der Waals surface area contributed by atoms with Gasteiger partial charge in [0.1, 0.15) is 10.7 Å². The molecule has 0 amide bonds. The molecule has 0 spiro atoms. The molecular weight excluding hydrogens is 408 g/mol. The summed E-state index contributed by atoms with van der Waals surface area (Å²) in [6.07, 6.45) is 2.53. The van der Waals surface area contributed by atoms with Gasteiger partial charge in [-0.1, -0.05) is 0 Å². The smallest absolute Gasteiger partial charge is 0.244 e. The van der Waals surface area contributed by atoms with Crippen molar-refractivity contribution >= 4 is 32.3 Å². The third kappa shape index (κ3) is 4.55. The second kappa shape index (κ2) is 8.55. The van der Waals surface area contributed by atoms with Crippen molar-refractivity contribution < 1.29 is 8.42 Å². The Bertz CT molecular complexity index is 922. The Kier molecular flexibility index (Phi) is 6.05. The van der Waals surface area contributed by atoms with Gasteiger partial charge < -0.3 is 14.7 Å². The van der Waals surface area contributed by atoms with Gasteiger partial charge in [0.25, 0.3) is 0 Å². The highest BCUT2D eigenvalue weighted by Crippen LogP contribution is 2.24. The first-order valence-corrected chi connectivity index (χ1v) is 12.3. The van der Waals surface area contributed by atoms with Gasteiger partial charge in [0.2, 0.25) is 10.0 Å². The molecule has 10 heteroatoms. The number of sulfonamides is 1. The summed E-state index contributed by atoms with van der Waals surface area (Å²) in [5.41, 5.74) is 1.06. The number of nitrogens with zero attached hydrogens (tertiary/aromatic N) is 6. The number of rotatable bonds is 4. The molecule has 2 fully saturated rings. The summed E-state index contributed by atoms with van der Waals surface area (Å²) in [5, 5.41) is 3.16. The van der Waals surface area contributed by atoms with E-state index in [0.717, 1.165) is 62.3 Å². The van der Waals surface area contributed by atoms with Gasteiger partial charge in [0.15, 0.2) is 5.13 Å². The monoisotopic (exact) mass is 436 g/mol. The number of piperazine rings is 1. The highest BCUT2D eigenvalue weighted by Gasteiger charge is 2.28. The van der Waals surface area contributed by atoms with Crippen LogP contribution in [-0.2, 0) is 10.0 Å². The number of thiazole rings is 1. The van der Waals surface area contributed by atoms with Gasteiger partial charge in [-0.05, 0) is 32.5 Å². The van der Waals surface area contributed by atoms with E-state index in [-0.39, 0.29) is 4.90 Å². The number of hydrogen-bond donors (Lipinski definition) is 0. The zero-order chi connectivity index (χ0) is 20.4. The normalized spacial score (nSPS) is 20.1. The summed E-state index contributed by atoms with van der Waals surface area (Å²) < 4.78 is 27.3. The molecule has 0 bridgehead atoms. The SMILES string of the molecule is Cc1csc(N2CCCN(c3ccc(S(=O)(=O)N4CCN(C)CC4)cn3)CC2)n1. The Labute approximate surface area is 176 Å². The Balaban J connectivity index is 1.42. The lowest BCUT2D eigenvalue weighted by Crippen LogP contribution is -2.47. The van der Waals surface area contributed by atoms with Crippen LogP contribution in [0.5, 0.6) is 0 Å². The first-order chi connectivity index (χ1) is 13.9. The molecule has 0 atom stereocenters. The maximum Gasteiger partial charge on any atom is 0.244 e. The van der Waals surface area contributed by atoms with E-state index in [0.29, 0.717) is 13.1 Å². The van der Waals surface area contributed by atoms with Crippen molar-refractivity contribution in [2.24, 2.45) is 0 Å². The van der Waals surface area contributed by atoms with Gasteiger partial charge in [-0.15, -0.1) is 11.3 Å². The lowest BCUT2D eigenvalue weighted by molar-refractivity contribution is 0.222. The molecule has 2 aliphatic heterocycles. The number of likely N-dealkylation sites (N-methyl/N-ethyl adjacent to an activating group) is 1. The van der Waals surface area contributed by atoms with E-state index in [4.69, 9.17) is 0 Å². The zero-order valence-electron chi connectivity index (χ0n) is 17.0. The van der Waals surface area contributed by atoms with Crippen LogP contribution < -0.4 is 9.80 Å². The van der Waals surface area contributed by atoms with Crippen LogP contribution >= 0.6 is 11.3 Å². The first-order valence-electron chi connectivity index (χ1n) is 10.0. The largest absolute Gasteiger partial charge is 0.355 e. The molecule has 4 rings (SSSR count). The molecule has 2 aliphatic rings. The summed E-state index contributed by atoms with van der Waals surface area (Å²) >= 11 is 1.69. The van der Waals surface area contributed by atoms with Crippen LogP contribution in [-0.4, -0.2) is 87.0 Å². The number of anilines is 2. The van der Waals surface area contributed by atoms with Crippen molar-refractivity contribution in [1.29, 1.82) is 0 Å². The van der Waals surface area contributed by atoms with E-state index in [1.54, 1.807) is 21.7 Å². The van der Waals surface area contributed by atoms with E-state index in [9.17, 15) is 8.42 Å². The molecule has 0 aromatic carbocycles. The van der Waals surface area contributed by atoms with Crippen LogP contribution in [0.4, 0.5) is 10.9 Å². The second-order valence-corrected chi connectivity index (χ2v) is 10.4. The fourth-order valence-corrected chi connectivity index (χ4v) is 5.94. The molecular formula is C19H28N6O2S2. The predicted octanol–water partition coefficient (Wildman–Crippen LogP) is 1.50. The van der Waals surface area contributed by atoms with Gasteiger partial charge in [-0.3, -0.25) is 0 Å². The highest BCUT2D eigenvalue weighted by atomic mass is 32.2. The minimum absolute atomic E-state index is 0.278. The van der Waals surface area contributed by atoms with Crippen LogP contribution in [0.2, 0.25) is 0 Å². The maximum atomic E-state index is 12.9. The number of hydrogen-bond acceptors (Lipinski definition) is 8. The third-order valence-corrected chi connectivity index (χ3v) is 8.42. The average molecular weight is 437 g/mol. The van der Waals surface area contributed by atoms with Crippen molar-refractivity contribution in [1.82, 2.24) is 19.2 Å². The molecule has 158 valence electrons. The minimum Gasteiger partial charge on any atom is -0.355 e. The minimum atomic E-state index is -3.47. The standard InChI is InChI=1S/C19H28N6O2S2/c1-16-15-28-19(21-16)24-7-3-6-23(10-11-24)18-5-4-17(14-20-18)29(26,27)25-12-8-22(2)9-13-25/h4-5,14-15H,3,6-13H2,1-2H3. The van der Waals surface area contributed by atoms with E-state index in [1.807, 2.05) is 20.0 Å². The Morgan fingerprint density at radius 3 is 2.34 bits per heavy atom. The van der Waals surface area contributed by atoms with Gasteiger partial charge >= 0.3 is 0 Å². The Hall–Kier alpha value is -1.75. The molecule has 8 nitrogen and oxygen atoms in total. The molecule has 2 aromatic heterocycles. The first kappa shape index (κ1) is 20.5. The number of pyridine rings is 1. The summed E-state index contributed by atoms with van der Waals surface area (Å²) in [6.45, 7) is 8.19. The van der Waals surface area contributed by atoms with Crippen molar-refractivity contribution in [3.05, 3.63) is 29.4 Å². The predicted molar refractivity (Wildman–Crippen MR) is 116 cm³/mol. The summed E-state index contributed by atoms with van der Waals surface area (Å²) in [5.74, 6) is 0.833. The van der Waals surface area contributed by atoms with Crippen LogP contribution in [0, 0.1) is 6.92 Å². The third-order valence-electron chi connectivity index (χ3n) is 5.52. The number of aromatic nitrogens is 2. The fraction of sp³-hybridized carbons (Fsp3) is 0.579. The van der Waals surface area contributed by atoms with Crippen molar-refractivity contribution in [3.8, 4) is 0 Å². The molecule has 2 aromatic rings. The van der Waals surface area contributed by atoms with Crippen LogP contribution in [0.1, 0.15) is 12.1 Å². The van der Waals surface area contributed by atoms with Crippen molar-refractivity contribution in [2.75, 3.05) is 69.2 Å². The lowest BCUT2D eigenvalue weighted by Gasteiger charge is -2.31. The molecule has 29 heavy (non-hydrogen) atoms. The van der Waals surface area contributed by atoms with Crippen LogP contribution in [0.25, 0.3) is 0 Å². The molecule has 0 aliphatic carbocycles. The molecule has 2 saturated heterocycles. The molecule has 0 radical (unpaired) electrons. The summed E-state index contributed by atoms with van der Waals surface area (Å²) in [6, 6.07) is 3.54. The summed E-state index contributed by atoms with van der Waals surface area (Å²) in [7, 11) is -1.46. The number of aryl methyl sites for hydroxylation is 1. The molecule has 0 saturated carbocycles. The fourth-order valence-electron chi connectivity index (χ4n) is 3.71. The van der Waals surface area contributed by atoms with Crippen LogP contribution in [0.3, 0.4) is 0 Å². The average Bonchev–Trinajstić information content (AvgIpc) is 3.00. The van der Waals surface area contributed by atoms with Crippen molar-refractivity contribution in [2.45, 2.75) is 18.2 Å². The van der Waals surface area contributed by atoms with Gasteiger partial charge in [-0.25, -0.2) is 18.4 Å². The van der Waals surface area contributed by atoms with E-state index >= 15 is 0 Å². The van der Waals surface area contributed by atoms with Crippen molar-refractivity contribution in [3.63, 3.8) is 0 Å². The van der Waals surface area contributed by atoms with Crippen LogP contribution in [0.15, 0.2) is 28.6 Å². The van der Waals surface area contributed by atoms with E-state index in [1.165, 1.54) is 6.20 Å². The van der Waals surface area contributed by atoms with E-state index in [2.05, 4.69) is 30.0 Å². The molecule has 0 N–H and O–H groups in total. The molecule has 4 heterocycles. The molecule has 0 unspecified atom stereocenters. The Morgan fingerprint density at radius 2 is 1.69 bits per heavy atom. The van der Waals surface area contributed by atoms with E-state index < -0.39 is 10.0 Å². The Morgan fingerprint density at radius 1 is 0.966 bits per heavy atom. The highest BCUT2D eigenvalue weighted by molar-refractivity contribution is 7.89. The quantitative estimate of drug-likeness (QED) is 0.719. The lowest BCUT2D eigenvalue weighted by atomic mass is 10.3. The summed E-state index contributed by atoms with van der Waals surface area (Å²) in [4.78, 5) is 16.1. The van der Waals surface area contributed by atoms with Gasteiger partial charge in [0, 0.05) is 63.9 Å². The van der Waals surface area contributed by atoms with Gasteiger partial charge in [-0.2, -0.15) is 4.31 Å². The maximum absolute atomic E-state index is 12.9. The zero-order valence-corrected chi connectivity index (χ0v) is 18.6. The topological polar surface area (TPSA) is 72.9 Å². The second-order valence-electron chi connectivity index (χ2n) is 7.66. The van der Waals surface area contributed by atoms with Gasteiger partial charge in [0.05, 0.1) is 5.69 Å².